The van der Waals surface area contributed by atoms with Gasteiger partial charge < -0.3 is 5.32 Å². The van der Waals surface area contributed by atoms with E-state index >= 15 is 0 Å². The van der Waals surface area contributed by atoms with Gasteiger partial charge in [-0.1, -0.05) is 0 Å². The second-order valence-corrected chi connectivity index (χ2v) is 5.89. The number of aryl methyl sites for hydroxylation is 3. The maximum Gasteiger partial charge on any atom is 0.267 e. The smallest absolute Gasteiger partial charge is 0.267 e. The predicted molar refractivity (Wildman–Crippen MR) is 76.2 cm³/mol. The van der Waals surface area contributed by atoms with Crippen LogP contribution in [0, 0.1) is 20.8 Å². The Labute approximate surface area is 118 Å². The molecule has 0 aliphatic heterocycles. The largest absolute Gasteiger partial charge is 0.320 e. The number of nitrogens with zero attached hydrogens (tertiary/aromatic N) is 2. The molecule has 0 aliphatic rings. The molecule has 2 heterocycles. The number of carbonyl (C=O) groups excluding carboxylic acids is 1. The van der Waals surface area contributed by atoms with Crippen LogP contribution in [0.5, 0.6) is 0 Å². The zero-order chi connectivity index (χ0) is 13.3. The van der Waals surface area contributed by atoms with Crippen molar-refractivity contribution in [1.29, 1.82) is 0 Å². The van der Waals surface area contributed by atoms with Crippen LogP contribution in [0.25, 0.3) is 0 Å². The van der Waals surface area contributed by atoms with Crippen LogP contribution in [0.2, 0.25) is 0 Å². The number of aromatic nitrogens is 2. The van der Waals surface area contributed by atoms with E-state index in [1.54, 1.807) is 6.20 Å². The summed E-state index contributed by atoms with van der Waals surface area (Å²) in [5, 5.41) is 3.72. The quantitative estimate of drug-likeness (QED) is 0.860. The highest BCUT2D eigenvalue weighted by Crippen LogP contribution is 2.20. The van der Waals surface area contributed by atoms with Gasteiger partial charge in [-0.15, -0.1) is 11.3 Å². The number of carbonyl (C=O) groups is 1. The number of hydrogen-bond donors (Lipinski definition) is 1. The van der Waals surface area contributed by atoms with Crippen LogP contribution >= 0.6 is 27.3 Å². The zero-order valence-corrected chi connectivity index (χ0v) is 12.6. The zero-order valence-electron chi connectivity index (χ0n) is 10.2. The van der Waals surface area contributed by atoms with Gasteiger partial charge in [-0.3, -0.25) is 4.79 Å². The number of halogens is 1. The SMILES string of the molecule is Cc1nc(C)c(C(=O)Nc2cnc(Br)c(C)c2)s1. The minimum Gasteiger partial charge on any atom is -0.320 e. The van der Waals surface area contributed by atoms with Gasteiger partial charge in [0, 0.05) is 0 Å². The predicted octanol–water partition coefficient (Wildman–Crippen LogP) is 3.48. The fraction of sp³-hybridized carbons (Fsp3) is 0.250. The summed E-state index contributed by atoms with van der Waals surface area (Å²) in [7, 11) is 0. The van der Waals surface area contributed by atoms with Crippen LogP contribution in [0.4, 0.5) is 5.69 Å². The molecule has 6 heteroatoms. The maximum absolute atomic E-state index is 12.1. The Morgan fingerprint density at radius 2 is 2.11 bits per heavy atom. The molecule has 1 N–H and O–H groups in total. The molecule has 94 valence electrons. The van der Waals surface area contributed by atoms with Gasteiger partial charge in [0.2, 0.25) is 0 Å². The molecular weight excluding hydrogens is 314 g/mol. The third-order valence-electron chi connectivity index (χ3n) is 2.38. The molecular formula is C12H12BrN3OS. The van der Waals surface area contributed by atoms with Gasteiger partial charge in [0.1, 0.15) is 9.48 Å². The highest BCUT2D eigenvalue weighted by atomic mass is 79.9. The Bertz CT molecular complexity index is 609. The summed E-state index contributed by atoms with van der Waals surface area (Å²) in [6, 6.07) is 1.87. The fourth-order valence-electron chi connectivity index (χ4n) is 1.56. The lowest BCUT2D eigenvalue weighted by atomic mass is 10.3. The van der Waals surface area contributed by atoms with Crippen molar-refractivity contribution in [3.05, 3.63) is 38.0 Å². The Balaban J connectivity index is 2.21. The first-order valence-corrected chi connectivity index (χ1v) is 6.96. The van der Waals surface area contributed by atoms with E-state index in [1.165, 1.54) is 11.3 Å². The Kier molecular flexibility index (Phi) is 3.77. The van der Waals surface area contributed by atoms with Gasteiger partial charge in [-0.05, 0) is 48.3 Å². The second-order valence-electron chi connectivity index (χ2n) is 3.93. The third-order valence-corrected chi connectivity index (χ3v) is 4.28. The number of anilines is 1. The molecule has 0 fully saturated rings. The van der Waals surface area contributed by atoms with Gasteiger partial charge in [-0.2, -0.15) is 0 Å². The van der Waals surface area contributed by atoms with E-state index in [0.717, 1.165) is 20.9 Å². The molecule has 0 radical (unpaired) electrons. The first-order valence-electron chi connectivity index (χ1n) is 5.35. The molecule has 0 atom stereocenters. The highest BCUT2D eigenvalue weighted by Gasteiger charge is 2.14. The molecule has 0 saturated carbocycles. The molecule has 0 bridgehead atoms. The summed E-state index contributed by atoms with van der Waals surface area (Å²) in [6.45, 7) is 5.65. The van der Waals surface area contributed by atoms with Crippen molar-refractivity contribution in [1.82, 2.24) is 9.97 Å². The van der Waals surface area contributed by atoms with E-state index in [4.69, 9.17) is 0 Å². The number of pyridine rings is 1. The van der Waals surface area contributed by atoms with Gasteiger partial charge >= 0.3 is 0 Å². The van der Waals surface area contributed by atoms with Crippen LogP contribution in [0.1, 0.15) is 25.9 Å². The van der Waals surface area contributed by atoms with Gasteiger partial charge in [-0.25, -0.2) is 9.97 Å². The van der Waals surface area contributed by atoms with Crippen molar-refractivity contribution in [2.75, 3.05) is 5.32 Å². The molecule has 0 unspecified atom stereocenters. The topological polar surface area (TPSA) is 54.9 Å². The molecule has 4 nitrogen and oxygen atoms in total. The molecule has 0 aliphatic carbocycles. The highest BCUT2D eigenvalue weighted by molar-refractivity contribution is 9.10. The Morgan fingerprint density at radius 3 is 2.67 bits per heavy atom. The normalized spacial score (nSPS) is 10.4. The molecule has 0 spiro atoms. The van der Waals surface area contributed by atoms with Crippen LogP contribution in [0.3, 0.4) is 0 Å². The molecule has 2 aromatic heterocycles. The number of rotatable bonds is 2. The van der Waals surface area contributed by atoms with Crippen molar-refractivity contribution in [3.8, 4) is 0 Å². The van der Waals surface area contributed by atoms with Crippen molar-refractivity contribution >= 4 is 38.9 Å². The van der Waals surface area contributed by atoms with Gasteiger partial charge in [0.25, 0.3) is 5.91 Å². The van der Waals surface area contributed by atoms with E-state index in [2.05, 4.69) is 31.2 Å². The van der Waals surface area contributed by atoms with Crippen molar-refractivity contribution < 1.29 is 4.79 Å². The summed E-state index contributed by atoms with van der Waals surface area (Å²) >= 11 is 4.72. The minimum atomic E-state index is -0.137. The number of thiazole rings is 1. The lowest BCUT2D eigenvalue weighted by Gasteiger charge is -2.05. The van der Waals surface area contributed by atoms with E-state index in [9.17, 15) is 4.79 Å². The fourth-order valence-corrected chi connectivity index (χ4v) is 2.59. The lowest BCUT2D eigenvalue weighted by molar-refractivity contribution is 0.103. The van der Waals surface area contributed by atoms with Crippen LogP contribution in [-0.2, 0) is 0 Å². The molecule has 1 amide bonds. The first kappa shape index (κ1) is 13.2. The first-order chi connectivity index (χ1) is 8.47. The van der Waals surface area contributed by atoms with Crippen LogP contribution in [-0.4, -0.2) is 15.9 Å². The second kappa shape index (κ2) is 5.16. The van der Waals surface area contributed by atoms with E-state index < -0.39 is 0 Å². The lowest BCUT2D eigenvalue weighted by Crippen LogP contribution is -2.11. The van der Waals surface area contributed by atoms with E-state index in [-0.39, 0.29) is 5.91 Å². The van der Waals surface area contributed by atoms with Crippen molar-refractivity contribution in [2.24, 2.45) is 0 Å². The summed E-state index contributed by atoms with van der Waals surface area (Å²) < 4.78 is 0.783. The number of hydrogen-bond acceptors (Lipinski definition) is 4. The third kappa shape index (κ3) is 2.76. The minimum absolute atomic E-state index is 0.137. The number of nitrogens with one attached hydrogen (secondary N) is 1. The van der Waals surface area contributed by atoms with Gasteiger partial charge in [0.15, 0.2) is 0 Å². The molecule has 0 saturated heterocycles. The van der Waals surface area contributed by atoms with E-state index in [1.807, 2.05) is 26.8 Å². The molecule has 2 aromatic rings. The van der Waals surface area contributed by atoms with Crippen molar-refractivity contribution in [2.45, 2.75) is 20.8 Å². The summed E-state index contributed by atoms with van der Waals surface area (Å²) in [5.41, 5.74) is 2.42. The molecule has 2 rings (SSSR count). The number of amides is 1. The van der Waals surface area contributed by atoms with Crippen molar-refractivity contribution in [3.63, 3.8) is 0 Å². The summed E-state index contributed by atoms with van der Waals surface area (Å²) in [4.78, 5) is 21.1. The van der Waals surface area contributed by atoms with Crippen LogP contribution in [0.15, 0.2) is 16.9 Å². The standard InChI is InChI=1S/C12H12BrN3OS/c1-6-4-9(5-14-11(6)13)16-12(17)10-7(2)15-8(3)18-10/h4-5H,1-3H3,(H,16,17). The van der Waals surface area contributed by atoms with Crippen LogP contribution < -0.4 is 5.32 Å². The van der Waals surface area contributed by atoms with E-state index in [0.29, 0.717) is 10.6 Å². The average molecular weight is 326 g/mol. The maximum atomic E-state index is 12.1. The summed E-state index contributed by atoms with van der Waals surface area (Å²) in [5.74, 6) is -0.137. The molecule has 18 heavy (non-hydrogen) atoms. The Hall–Kier alpha value is -1.27. The average Bonchev–Trinajstić information content (AvgIpc) is 2.63. The molecule has 0 aromatic carbocycles. The van der Waals surface area contributed by atoms with Gasteiger partial charge in [0.05, 0.1) is 22.6 Å². The summed E-state index contributed by atoms with van der Waals surface area (Å²) in [6.07, 6.45) is 1.62. The monoisotopic (exact) mass is 325 g/mol. The Morgan fingerprint density at radius 1 is 1.39 bits per heavy atom.